The first-order valence-corrected chi connectivity index (χ1v) is 7.22. The summed E-state index contributed by atoms with van der Waals surface area (Å²) in [4.78, 5) is 12.5. The maximum absolute atomic E-state index is 12.9. The molecule has 0 fully saturated rings. The highest BCUT2D eigenvalue weighted by Crippen LogP contribution is 2.34. The molecule has 0 aliphatic rings. The van der Waals surface area contributed by atoms with Crippen molar-refractivity contribution in [1.29, 1.82) is 0 Å². The standard InChI is InChI=1S/C13H6Cl2FN3S/c14-11-10(7-1-3-8(16)4-2-7)12(15)19-13(18-11)9-5-20-6-17-9/h1-6H. The average Bonchev–Trinajstić information content (AvgIpc) is 2.94. The Labute approximate surface area is 128 Å². The largest absolute Gasteiger partial charge is 0.241 e. The van der Waals surface area contributed by atoms with Gasteiger partial charge >= 0.3 is 0 Å². The second-order valence-corrected chi connectivity index (χ2v) is 5.32. The minimum Gasteiger partial charge on any atom is -0.241 e. The molecule has 0 N–H and O–H groups in total. The van der Waals surface area contributed by atoms with E-state index >= 15 is 0 Å². The molecule has 0 bridgehead atoms. The molecule has 100 valence electrons. The van der Waals surface area contributed by atoms with Gasteiger partial charge in [0.05, 0.1) is 11.1 Å². The maximum atomic E-state index is 12.9. The topological polar surface area (TPSA) is 38.7 Å². The second kappa shape index (κ2) is 5.44. The molecule has 0 spiro atoms. The summed E-state index contributed by atoms with van der Waals surface area (Å²) in [6.45, 7) is 0. The van der Waals surface area contributed by atoms with E-state index in [9.17, 15) is 4.39 Å². The fraction of sp³-hybridized carbons (Fsp3) is 0. The van der Waals surface area contributed by atoms with Crippen molar-refractivity contribution in [3.63, 3.8) is 0 Å². The highest BCUT2D eigenvalue weighted by Gasteiger charge is 2.15. The lowest BCUT2D eigenvalue weighted by molar-refractivity contribution is 0.628. The first-order valence-electron chi connectivity index (χ1n) is 5.52. The molecule has 3 rings (SSSR count). The molecule has 0 saturated heterocycles. The summed E-state index contributed by atoms with van der Waals surface area (Å²) >= 11 is 13.8. The van der Waals surface area contributed by atoms with Crippen molar-refractivity contribution in [3.05, 3.63) is 51.3 Å². The third-order valence-corrected chi connectivity index (χ3v) is 3.75. The lowest BCUT2D eigenvalue weighted by Gasteiger charge is -2.07. The Balaban J connectivity index is 2.11. The van der Waals surface area contributed by atoms with Gasteiger partial charge in [-0.1, -0.05) is 35.3 Å². The minimum atomic E-state index is -0.332. The van der Waals surface area contributed by atoms with Crippen molar-refractivity contribution in [1.82, 2.24) is 15.0 Å². The van der Waals surface area contributed by atoms with Gasteiger partial charge in [0.15, 0.2) is 5.82 Å². The van der Waals surface area contributed by atoms with Crippen LogP contribution in [0.3, 0.4) is 0 Å². The Bertz CT molecular complexity index is 722. The van der Waals surface area contributed by atoms with Crippen molar-refractivity contribution >= 4 is 34.5 Å². The van der Waals surface area contributed by atoms with Gasteiger partial charge in [-0.05, 0) is 17.7 Å². The normalized spacial score (nSPS) is 10.8. The summed E-state index contributed by atoms with van der Waals surface area (Å²) < 4.78 is 12.9. The highest BCUT2D eigenvalue weighted by atomic mass is 35.5. The average molecular weight is 326 g/mol. The van der Waals surface area contributed by atoms with Crippen LogP contribution in [0.15, 0.2) is 35.2 Å². The van der Waals surface area contributed by atoms with Gasteiger partial charge in [0.1, 0.15) is 21.8 Å². The van der Waals surface area contributed by atoms with Crippen molar-refractivity contribution in [2.24, 2.45) is 0 Å². The fourth-order valence-electron chi connectivity index (χ4n) is 1.70. The summed E-state index contributed by atoms with van der Waals surface area (Å²) in [6, 6.07) is 5.81. The predicted molar refractivity (Wildman–Crippen MR) is 78.6 cm³/mol. The molecule has 0 aliphatic heterocycles. The number of hydrogen-bond acceptors (Lipinski definition) is 4. The van der Waals surface area contributed by atoms with Gasteiger partial charge in [0.25, 0.3) is 0 Å². The Kier molecular flexibility index (Phi) is 3.65. The zero-order valence-corrected chi connectivity index (χ0v) is 12.2. The Morgan fingerprint density at radius 1 is 1.00 bits per heavy atom. The number of hydrogen-bond donors (Lipinski definition) is 0. The number of benzene rings is 1. The molecule has 20 heavy (non-hydrogen) atoms. The van der Waals surface area contributed by atoms with Gasteiger partial charge in [-0.3, -0.25) is 0 Å². The Morgan fingerprint density at radius 3 is 2.20 bits per heavy atom. The summed E-state index contributed by atoms with van der Waals surface area (Å²) in [5.74, 6) is 0.0353. The lowest BCUT2D eigenvalue weighted by Crippen LogP contribution is -1.94. The molecule has 3 aromatic rings. The van der Waals surface area contributed by atoms with Crippen LogP contribution in [0, 0.1) is 5.82 Å². The molecule has 0 unspecified atom stereocenters. The summed E-state index contributed by atoms with van der Waals surface area (Å²) in [5.41, 5.74) is 3.43. The van der Waals surface area contributed by atoms with Crippen molar-refractivity contribution in [2.45, 2.75) is 0 Å². The predicted octanol–water partition coefficient (Wildman–Crippen LogP) is 4.71. The first-order chi connectivity index (χ1) is 9.65. The third-order valence-electron chi connectivity index (χ3n) is 2.62. The Morgan fingerprint density at radius 2 is 1.65 bits per heavy atom. The van der Waals surface area contributed by atoms with Crippen LogP contribution >= 0.6 is 34.5 Å². The lowest BCUT2D eigenvalue weighted by atomic mass is 10.1. The molecule has 0 aliphatic carbocycles. The van der Waals surface area contributed by atoms with E-state index in [1.54, 1.807) is 23.0 Å². The molecule has 0 saturated carbocycles. The zero-order chi connectivity index (χ0) is 14.1. The number of rotatable bonds is 2. The van der Waals surface area contributed by atoms with Crippen LogP contribution in [0.2, 0.25) is 10.3 Å². The van der Waals surface area contributed by atoms with Crippen molar-refractivity contribution in [2.75, 3.05) is 0 Å². The van der Waals surface area contributed by atoms with Gasteiger partial charge in [0, 0.05) is 5.38 Å². The van der Waals surface area contributed by atoms with Crippen LogP contribution in [0.25, 0.3) is 22.6 Å². The van der Waals surface area contributed by atoms with Crippen molar-refractivity contribution < 1.29 is 4.39 Å². The Hall–Kier alpha value is -1.56. The van der Waals surface area contributed by atoms with E-state index in [0.29, 0.717) is 22.6 Å². The van der Waals surface area contributed by atoms with Crippen LogP contribution in [-0.2, 0) is 0 Å². The van der Waals surface area contributed by atoms with E-state index in [1.165, 1.54) is 23.5 Å². The zero-order valence-electron chi connectivity index (χ0n) is 9.85. The molecule has 2 heterocycles. The summed E-state index contributed by atoms with van der Waals surface area (Å²) in [6.07, 6.45) is 0. The summed E-state index contributed by atoms with van der Waals surface area (Å²) in [5, 5.41) is 2.22. The number of nitrogens with zero attached hydrogens (tertiary/aromatic N) is 3. The fourth-order valence-corrected chi connectivity index (χ4v) is 2.84. The molecule has 2 aromatic heterocycles. The van der Waals surface area contributed by atoms with E-state index in [4.69, 9.17) is 23.2 Å². The second-order valence-electron chi connectivity index (χ2n) is 3.88. The van der Waals surface area contributed by atoms with Gasteiger partial charge in [-0.15, -0.1) is 11.3 Å². The van der Waals surface area contributed by atoms with E-state index < -0.39 is 0 Å². The monoisotopic (exact) mass is 325 g/mol. The molecule has 7 heteroatoms. The number of aromatic nitrogens is 3. The maximum Gasteiger partial charge on any atom is 0.181 e. The molecule has 0 atom stereocenters. The number of halogens is 3. The molecule has 0 amide bonds. The van der Waals surface area contributed by atoms with Crippen LogP contribution in [-0.4, -0.2) is 15.0 Å². The first kappa shape index (κ1) is 13.4. The van der Waals surface area contributed by atoms with Gasteiger partial charge in [-0.2, -0.15) is 0 Å². The van der Waals surface area contributed by atoms with E-state index in [2.05, 4.69) is 15.0 Å². The van der Waals surface area contributed by atoms with Gasteiger partial charge in [0.2, 0.25) is 0 Å². The quantitative estimate of drug-likeness (QED) is 0.640. The molecule has 0 radical (unpaired) electrons. The number of thiazole rings is 1. The van der Waals surface area contributed by atoms with Gasteiger partial charge < -0.3 is 0 Å². The molecule has 3 nitrogen and oxygen atoms in total. The smallest absolute Gasteiger partial charge is 0.181 e. The molecular formula is C13H6Cl2FN3S. The third kappa shape index (κ3) is 2.52. The van der Waals surface area contributed by atoms with Crippen molar-refractivity contribution in [3.8, 4) is 22.6 Å². The van der Waals surface area contributed by atoms with Crippen LogP contribution in [0.4, 0.5) is 4.39 Å². The van der Waals surface area contributed by atoms with Gasteiger partial charge in [-0.25, -0.2) is 19.3 Å². The van der Waals surface area contributed by atoms with Crippen LogP contribution < -0.4 is 0 Å². The van der Waals surface area contributed by atoms with E-state index in [-0.39, 0.29) is 16.1 Å². The SMILES string of the molecule is Fc1ccc(-c2c(Cl)nc(-c3cscn3)nc2Cl)cc1. The summed E-state index contributed by atoms with van der Waals surface area (Å²) in [7, 11) is 0. The van der Waals surface area contributed by atoms with Crippen LogP contribution in [0.1, 0.15) is 0 Å². The van der Waals surface area contributed by atoms with E-state index in [1.807, 2.05) is 0 Å². The molecular weight excluding hydrogens is 320 g/mol. The minimum absolute atomic E-state index is 0.208. The van der Waals surface area contributed by atoms with Crippen LogP contribution in [0.5, 0.6) is 0 Å². The van der Waals surface area contributed by atoms with E-state index in [0.717, 1.165) is 0 Å². The molecule has 1 aromatic carbocycles. The highest BCUT2D eigenvalue weighted by molar-refractivity contribution is 7.07.